The molecule has 0 fully saturated rings. The number of benzene rings is 1. The lowest BCUT2D eigenvalue weighted by molar-refractivity contribution is 0.595. The first-order valence-corrected chi connectivity index (χ1v) is 7.39. The molecule has 1 aromatic heterocycles. The Morgan fingerprint density at radius 2 is 2.21 bits per heavy atom. The molecule has 0 amide bonds. The van der Waals surface area contributed by atoms with Gasteiger partial charge in [0.05, 0.1) is 12.2 Å². The van der Waals surface area contributed by atoms with Crippen LogP contribution in [0.1, 0.15) is 36.1 Å². The van der Waals surface area contributed by atoms with Crippen LogP contribution in [0.15, 0.2) is 35.1 Å². The Bertz CT molecular complexity index is 548. The van der Waals surface area contributed by atoms with Crippen LogP contribution in [-0.2, 0) is 7.05 Å². The largest absolute Gasteiger partial charge is 0.306 e. The molecule has 1 unspecified atom stereocenters. The van der Waals surface area contributed by atoms with Crippen molar-refractivity contribution in [2.75, 3.05) is 6.54 Å². The maximum atomic E-state index is 4.29. The van der Waals surface area contributed by atoms with Crippen LogP contribution in [0, 0.1) is 6.92 Å². The van der Waals surface area contributed by atoms with Crippen molar-refractivity contribution in [3.8, 4) is 0 Å². The molecule has 0 aliphatic heterocycles. The van der Waals surface area contributed by atoms with Crippen molar-refractivity contribution in [3.63, 3.8) is 0 Å². The van der Waals surface area contributed by atoms with E-state index in [-0.39, 0.29) is 6.04 Å². The van der Waals surface area contributed by atoms with E-state index in [1.54, 1.807) is 0 Å². The Hall–Kier alpha value is -1.13. The highest BCUT2D eigenvalue weighted by Gasteiger charge is 2.17. The fraction of sp³-hybridized carbons (Fsp3) is 0.400. The number of nitrogens with one attached hydrogen (secondary N) is 1. The summed E-state index contributed by atoms with van der Waals surface area (Å²) in [6, 6.07) is 6.62. The molecule has 0 bridgehead atoms. The van der Waals surface area contributed by atoms with Gasteiger partial charge in [0.1, 0.15) is 0 Å². The Labute approximate surface area is 123 Å². The van der Waals surface area contributed by atoms with Gasteiger partial charge in [-0.3, -0.25) is 4.68 Å². The van der Waals surface area contributed by atoms with Gasteiger partial charge in [0.25, 0.3) is 0 Å². The van der Waals surface area contributed by atoms with Crippen molar-refractivity contribution in [3.05, 3.63) is 51.8 Å². The van der Waals surface area contributed by atoms with E-state index in [2.05, 4.69) is 64.6 Å². The maximum absolute atomic E-state index is 4.29. The summed E-state index contributed by atoms with van der Waals surface area (Å²) in [6.45, 7) is 5.32. The Balaban J connectivity index is 2.39. The first-order chi connectivity index (χ1) is 9.11. The average molecular weight is 322 g/mol. The van der Waals surface area contributed by atoms with Crippen LogP contribution in [-0.4, -0.2) is 16.3 Å². The molecule has 19 heavy (non-hydrogen) atoms. The topological polar surface area (TPSA) is 29.9 Å². The molecule has 0 saturated heterocycles. The van der Waals surface area contributed by atoms with Gasteiger partial charge in [-0.1, -0.05) is 28.9 Å². The van der Waals surface area contributed by atoms with E-state index in [0.29, 0.717) is 0 Å². The van der Waals surface area contributed by atoms with Gasteiger partial charge < -0.3 is 5.32 Å². The van der Waals surface area contributed by atoms with Crippen LogP contribution in [0.2, 0.25) is 0 Å². The molecule has 1 atom stereocenters. The predicted molar refractivity (Wildman–Crippen MR) is 82.2 cm³/mol. The van der Waals surface area contributed by atoms with E-state index in [9.17, 15) is 0 Å². The zero-order valence-corrected chi connectivity index (χ0v) is 13.2. The van der Waals surface area contributed by atoms with Crippen molar-refractivity contribution in [2.24, 2.45) is 7.05 Å². The highest BCUT2D eigenvalue weighted by molar-refractivity contribution is 9.10. The first-order valence-electron chi connectivity index (χ1n) is 6.59. The van der Waals surface area contributed by atoms with E-state index < -0.39 is 0 Å². The summed E-state index contributed by atoms with van der Waals surface area (Å²) in [4.78, 5) is 0. The third kappa shape index (κ3) is 3.45. The monoisotopic (exact) mass is 321 g/mol. The SMILES string of the molecule is CCCNC(c1cnn(C)c1)c1cc(Br)ccc1C. The van der Waals surface area contributed by atoms with Gasteiger partial charge in [-0.05, 0) is 43.1 Å². The van der Waals surface area contributed by atoms with Crippen molar-refractivity contribution >= 4 is 15.9 Å². The smallest absolute Gasteiger partial charge is 0.0610 e. The third-order valence-corrected chi connectivity index (χ3v) is 3.70. The van der Waals surface area contributed by atoms with Gasteiger partial charge in [0.15, 0.2) is 0 Å². The van der Waals surface area contributed by atoms with Gasteiger partial charge >= 0.3 is 0 Å². The number of aryl methyl sites for hydroxylation is 2. The number of hydrogen-bond acceptors (Lipinski definition) is 2. The molecule has 2 rings (SSSR count). The minimum absolute atomic E-state index is 0.200. The summed E-state index contributed by atoms with van der Waals surface area (Å²) in [5.74, 6) is 0. The highest BCUT2D eigenvalue weighted by atomic mass is 79.9. The second kappa shape index (κ2) is 6.35. The Morgan fingerprint density at radius 3 is 2.84 bits per heavy atom. The summed E-state index contributed by atoms with van der Waals surface area (Å²) in [5.41, 5.74) is 3.80. The molecule has 0 saturated carbocycles. The van der Waals surface area contributed by atoms with E-state index >= 15 is 0 Å². The van der Waals surface area contributed by atoms with Crippen LogP contribution in [0.5, 0.6) is 0 Å². The standard InChI is InChI=1S/C15H20BrN3/c1-4-7-17-15(12-9-18-19(3)10-12)14-8-13(16)6-5-11(14)2/h5-6,8-10,15,17H,4,7H2,1-3H3. The van der Waals surface area contributed by atoms with E-state index in [0.717, 1.165) is 17.4 Å². The number of hydrogen-bond donors (Lipinski definition) is 1. The number of rotatable bonds is 5. The molecule has 102 valence electrons. The normalized spacial score (nSPS) is 12.6. The summed E-state index contributed by atoms with van der Waals surface area (Å²) >= 11 is 3.56. The van der Waals surface area contributed by atoms with E-state index in [1.807, 2.05) is 17.9 Å². The van der Waals surface area contributed by atoms with Gasteiger partial charge in [0, 0.05) is 23.3 Å². The molecule has 1 aromatic carbocycles. The fourth-order valence-corrected chi connectivity index (χ4v) is 2.59. The Kier molecular flexibility index (Phi) is 4.77. The highest BCUT2D eigenvalue weighted by Crippen LogP contribution is 2.27. The molecule has 0 radical (unpaired) electrons. The minimum atomic E-state index is 0.200. The summed E-state index contributed by atoms with van der Waals surface area (Å²) in [5, 5.41) is 7.90. The number of halogens is 1. The predicted octanol–water partition coefficient (Wildman–Crippen LogP) is 3.58. The molecular weight excluding hydrogens is 302 g/mol. The summed E-state index contributed by atoms with van der Waals surface area (Å²) < 4.78 is 2.96. The zero-order valence-electron chi connectivity index (χ0n) is 11.7. The van der Waals surface area contributed by atoms with E-state index in [4.69, 9.17) is 0 Å². The average Bonchev–Trinajstić information content (AvgIpc) is 2.80. The van der Waals surface area contributed by atoms with Crippen LogP contribution in [0.25, 0.3) is 0 Å². The first kappa shape index (κ1) is 14.3. The van der Waals surface area contributed by atoms with Crippen LogP contribution >= 0.6 is 15.9 Å². The van der Waals surface area contributed by atoms with Crippen molar-refractivity contribution in [2.45, 2.75) is 26.3 Å². The van der Waals surface area contributed by atoms with Crippen molar-refractivity contribution in [1.29, 1.82) is 0 Å². The van der Waals surface area contributed by atoms with Crippen molar-refractivity contribution < 1.29 is 0 Å². The fourth-order valence-electron chi connectivity index (χ4n) is 2.21. The minimum Gasteiger partial charge on any atom is -0.306 e. The lowest BCUT2D eigenvalue weighted by Gasteiger charge is -2.20. The van der Waals surface area contributed by atoms with Crippen LogP contribution in [0.4, 0.5) is 0 Å². The van der Waals surface area contributed by atoms with E-state index in [1.165, 1.54) is 16.7 Å². The molecule has 1 heterocycles. The summed E-state index contributed by atoms with van der Waals surface area (Å²) in [7, 11) is 1.95. The molecule has 3 nitrogen and oxygen atoms in total. The second-order valence-corrected chi connectivity index (χ2v) is 5.75. The third-order valence-electron chi connectivity index (χ3n) is 3.21. The van der Waals surface area contributed by atoms with Gasteiger partial charge in [-0.2, -0.15) is 5.10 Å². The van der Waals surface area contributed by atoms with Gasteiger partial charge in [0.2, 0.25) is 0 Å². The van der Waals surface area contributed by atoms with Gasteiger partial charge in [-0.25, -0.2) is 0 Å². The number of aromatic nitrogens is 2. The molecule has 0 aliphatic carbocycles. The lowest BCUT2D eigenvalue weighted by atomic mass is 9.97. The lowest BCUT2D eigenvalue weighted by Crippen LogP contribution is -2.23. The molecule has 4 heteroatoms. The summed E-state index contributed by atoms with van der Waals surface area (Å²) in [6.07, 6.45) is 5.13. The van der Waals surface area contributed by atoms with Crippen molar-refractivity contribution in [1.82, 2.24) is 15.1 Å². The zero-order chi connectivity index (χ0) is 13.8. The van der Waals surface area contributed by atoms with Crippen LogP contribution in [0.3, 0.4) is 0 Å². The molecule has 2 aromatic rings. The Morgan fingerprint density at radius 1 is 1.42 bits per heavy atom. The molecule has 1 N–H and O–H groups in total. The number of nitrogens with zero attached hydrogens (tertiary/aromatic N) is 2. The second-order valence-electron chi connectivity index (χ2n) is 4.84. The van der Waals surface area contributed by atoms with Gasteiger partial charge in [-0.15, -0.1) is 0 Å². The molecule has 0 spiro atoms. The van der Waals surface area contributed by atoms with Crippen LogP contribution < -0.4 is 5.32 Å². The maximum Gasteiger partial charge on any atom is 0.0610 e. The quantitative estimate of drug-likeness (QED) is 0.912. The molecule has 0 aliphatic rings. The molecular formula is C15H20BrN3.